The molecule has 4 nitrogen and oxygen atoms in total. The number of halogens is 1. The third kappa shape index (κ3) is 2.61. The summed E-state index contributed by atoms with van der Waals surface area (Å²) in [5.41, 5.74) is 7.03. The molecule has 1 aromatic rings. The number of anilines is 1. The number of amides is 1. The Morgan fingerprint density at radius 2 is 2.28 bits per heavy atom. The maximum Gasteiger partial charge on any atom is 0.239 e. The number of carbonyl (C=O) groups is 1. The number of hydrogen-bond donors (Lipinski definition) is 2. The molecule has 1 aliphatic heterocycles. The van der Waals surface area contributed by atoms with E-state index in [4.69, 9.17) is 5.73 Å². The van der Waals surface area contributed by atoms with Crippen LogP contribution in [-0.2, 0) is 4.79 Å². The van der Waals surface area contributed by atoms with Crippen LogP contribution in [-0.4, -0.2) is 25.5 Å². The molecule has 5 heteroatoms. The van der Waals surface area contributed by atoms with Gasteiger partial charge in [-0.3, -0.25) is 4.79 Å². The average molecular weight is 251 g/mol. The highest BCUT2D eigenvalue weighted by atomic mass is 19.1. The highest BCUT2D eigenvalue weighted by Crippen LogP contribution is 2.28. The molecule has 18 heavy (non-hydrogen) atoms. The van der Waals surface area contributed by atoms with Crippen molar-refractivity contribution in [1.82, 2.24) is 5.32 Å². The Bertz CT molecular complexity index is 448. The molecule has 0 aliphatic carbocycles. The minimum absolute atomic E-state index is 0.0348. The molecule has 1 aliphatic rings. The Labute approximate surface area is 106 Å². The van der Waals surface area contributed by atoms with Crippen LogP contribution in [0.3, 0.4) is 0 Å². The molecular formula is C13H18FN3O. The molecule has 1 fully saturated rings. The normalized spacial score (nSPS) is 18.2. The second-order valence-electron chi connectivity index (χ2n) is 4.59. The molecule has 1 unspecified atom stereocenters. The van der Waals surface area contributed by atoms with Crippen molar-refractivity contribution in [2.45, 2.75) is 19.4 Å². The SMILES string of the molecule is CC(N)c1c(F)cccc1N1CCCNC(=O)C1. The maximum absolute atomic E-state index is 13.8. The first-order chi connectivity index (χ1) is 8.59. The number of nitrogens with two attached hydrogens (primary N) is 1. The van der Waals surface area contributed by atoms with Gasteiger partial charge in [-0.1, -0.05) is 6.07 Å². The molecule has 1 amide bonds. The van der Waals surface area contributed by atoms with Crippen LogP contribution in [0.15, 0.2) is 18.2 Å². The Balaban J connectivity index is 2.37. The minimum Gasteiger partial charge on any atom is -0.362 e. The van der Waals surface area contributed by atoms with E-state index in [1.54, 1.807) is 13.0 Å². The van der Waals surface area contributed by atoms with Gasteiger partial charge in [0.2, 0.25) is 5.91 Å². The molecule has 0 radical (unpaired) electrons. The summed E-state index contributed by atoms with van der Waals surface area (Å²) in [7, 11) is 0. The fourth-order valence-electron chi connectivity index (χ4n) is 2.26. The quantitative estimate of drug-likeness (QED) is 0.829. The molecule has 0 aromatic heterocycles. The third-order valence-electron chi connectivity index (χ3n) is 3.09. The van der Waals surface area contributed by atoms with Gasteiger partial charge in [-0.25, -0.2) is 4.39 Å². The van der Waals surface area contributed by atoms with Gasteiger partial charge in [-0.2, -0.15) is 0 Å². The van der Waals surface area contributed by atoms with E-state index in [0.717, 1.165) is 18.7 Å². The zero-order valence-corrected chi connectivity index (χ0v) is 10.4. The molecule has 1 atom stereocenters. The van der Waals surface area contributed by atoms with E-state index in [0.29, 0.717) is 12.1 Å². The van der Waals surface area contributed by atoms with E-state index in [1.165, 1.54) is 6.07 Å². The lowest BCUT2D eigenvalue weighted by molar-refractivity contribution is -0.119. The molecular weight excluding hydrogens is 233 g/mol. The second kappa shape index (κ2) is 5.35. The molecule has 2 rings (SSSR count). The van der Waals surface area contributed by atoms with Gasteiger partial charge in [0.05, 0.1) is 6.54 Å². The average Bonchev–Trinajstić information content (AvgIpc) is 2.53. The summed E-state index contributed by atoms with van der Waals surface area (Å²) in [6.45, 7) is 3.39. The van der Waals surface area contributed by atoms with Gasteiger partial charge < -0.3 is 16.0 Å². The fourth-order valence-corrected chi connectivity index (χ4v) is 2.26. The number of nitrogens with zero attached hydrogens (tertiary/aromatic N) is 1. The van der Waals surface area contributed by atoms with Crippen molar-refractivity contribution in [2.24, 2.45) is 5.73 Å². The van der Waals surface area contributed by atoms with Gasteiger partial charge in [-0.05, 0) is 25.5 Å². The van der Waals surface area contributed by atoms with Crippen LogP contribution < -0.4 is 16.0 Å². The summed E-state index contributed by atoms with van der Waals surface area (Å²) < 4.78 is 13.8. The summed E-state index contributed by atoms with van der Waals surface area (Å²) in [5.74, 6) is -0.348. The van der Waals surface area contributed by atoms with E-state index in [9.17, 15) is 9.18 Å². The van der Waals surface area contributed by atoms with Crippen molar-refractivity contribution in [3.8, 4) is 0 Å². The predicted molar refractivity (Wildman–Crippen MR) is 68.8 cm³/mol. The van der Waals surface area contributed by atoms with Crippen molar-refractivity contribution in [3.05, 3.63) is 29.6 Å². The number of nitrogens with one attached hydrogen (secondary N) is 1. The van der Waals surface area contributed by atoms with E-state index >= 15 is 0 Å². The molecule has 98 valence electrons. The first kappa shape index (κ1) is 12.8. The van der Waals surface area contributed by atoms with E-state index in [2.05, 4.69) is 5.32 Å². The minimum atomic E-state index is -0.396. The Hall–Kier alpha value is -1.62. The lowest BCUT2D eigenvalue weighted by Gasteiger charge is -2.25. The molecule has 0 bridgehead atoms. The summed E-state index contributed by atoms with van der Waals surface area (Å²) in [6, 6.07) is 4.48. The summed E-state index contributed by atoms with van der Waals surface area (Å²) in [4.78, 5) is 13.4. The summed E-state index contributed by atoms with van der Waals surface area (Å²) >= 11 is 0. The van der Waals surface area contributed by atoms with Crippen molar-refractivity contribution >= 4 is 11.6 Å². The van der Waals surface area contributed by atoms with Crippen LogP contribution in [0.1, 0.15) is 24.9 Å². The molecule has 1 saturated heterocycles. The topological polar surface area (TPSA) is 58.4 Å². The fraction of sp³-hybridized carbons (Fsp3) is 0.462. The van der Waals surface area contributed by atoms with Crippen molar-refractivity contribution < 1.29 is 9.18 Å². The molecule has 1 heterocycles. The van der Waals surface area contributed by atoms with Gasteiger partial charge in [0.1, 0.15) is 5.82 Å². The van der Waals surface area contributed by atoms with Gasteiger partial charge in [-0.15, -0.1) is 0 Å². The zero-order valence-electron chi connectivity index (χ0n) is 10.4. The van der Waals surface area contributed by atoms with Gasteiger partial charge >= 0.3 is 0 Å². The van der Waals surface area contributed by atoms with Crippen LogP contribution in [0, 0.1) is 5.82 Å². The highest BCUT2D eigenvalue weighted by molar-refractivity contribution is 5.82. The third-order valence-corrected chi connectivity index (χ3v) is 3.09. The number of benzene rings is 1. The van der Waals surface area contributed by atoms with E-state index in [-0.39, 0.29) is 18.3 Å². The van der Waals surface area contributed by atoms with E-state index in [1.807, 2.05) is 11.0 Å². The summed E-state index contributed by atoms with van der Waals surface area (Å²) in [5, 5.41) is 2.80. The first-order valence-electron chi connectivity index (χ1n) is 6.15. The molecule has 0 spiro atoms. The Morgan fingerprint density at radius 1 is 1.50 bits per heavy atom. The summed E-state index contributed by atoms with van der Waals surface area (Å²) in [6.07, 6.45) is 0.848. The Kier molecular flexibility index (Phi) is 3.81. The molecule has 0 saturated carbocycles. The van der Waals surface area contributed by atoms with E-state index < -0.39 is 6.04 Å². The maximum atomic E-state index is 13.8. The number of rotatable bonds is 2. The van der Waals surface area contributed by atoms with Crippen molar-refractivity contribution in [2.75, 3.05) is 24.5 Å². The van der Waals surface area contributed by atoms with Gasteiger partial charge in [0, 0.05) is 30.4 Å². The standard InChI is InChI=1S/C13H18FN3O/c1-9(15)13-10(14)4-2-5-11(13)17-7-3-6-16-12(18)8-17/h2,4-5,9H,3,6-8,15H2,1H3,(H,16,18). The van der Waals surface area contributed by atoms with Crippen molar-refractivity contribution in [3.63, 3.8) is 0 Å². The lowest BCUT2D eigenvalue weighted by Crippen LogP contribution is -2.34. The van der Waals surface area contributed by atoms with Crippen LogP contribution in [0.5, 0.6) is 0 Å². The van der Waals surface area contributed by atoms with Gasteiger partial charge in [0.15, 0.2) is 0 Å². The van der Waals surface area contributed by atoms with Crippen molar-refractivity contribution in [1.29, 1.82) is 0 Å². The van der Waals surface area contributed by atoms with Crippen LogP contribution in [0.4, 0.5) is 10.1 Å². The Morgan fingerprint density at radius 3 is 3.00 bits per heavy atom. The monoisotopic (exact) mass is 251 g/mol. The van der Waals surface area contributed by atoms with Crippen LogP contribution >= 0.6 is 0 Å². The number of hydrogen-bond acceptors (Lipinski definition) is 3. The smallest absolute Gasteiger partial charge is 0.239 e. The predicted octanol–water partition coefficient (Wildman–Crippen LogP) is 1.17. The molecule has 3 N–H and O–H groups in total. The largest absolute Gasteiger partial charge is 0.362 e. The molecule has 1 aromatic carbocycles. The first-order valence-corrected chi connectivity index (χ1v) is 6.15. The van der Waals surface area contributed by atoms with Crippen LogP contribution in [0.2, 0.25) is 0 Å². The van der Waals surface area contributed by atoms with Crippen LogP contribution in [0.25, 0.3) is 0 Å². The van der Waals surface area contributed by atoms with Gasteiger partial charge in [0.25, 0.3) is 0 Å². The number of carbonyl (C=O) groups excluding carboxylic acids is 1. The second-order valence-corrected chi connectivity index (χ2v) is 4.59. The lowest BCUT2D eigenvalue weighted by atomic mass is 10.0. The highest BCUT2D eigenvalue weighted by Gasteiger charge is 2.20. The zero-order chi connectivity index (χ0) is 13.1.